The molecule has 1 atom stereocenters. The lowest BCUT2D eigenvalue weighted by atomic mass is 9.92. The van der Waals surface area contributed by atoms with Crippen molar-refractivity contribution in [3.05, 3.63) is 40.4 Å². The zero-order valence-corrected chi connectivity index (χ0v) is 13.0. The van der Waals surface area contributed by atoms with Gasteiger partial charge in [-0.1, -0.05) is 0 Å². The lowest BCUT2D eigenvalue weighted by molar-refractivity contribution is 0.0227. The highest BCUT2D eigenvalue weighted by Gasteiger charge is 2.35. The molecule has 0 saturated carbocycles. The molecule has 122 valence electrons. The molecule has 1 unspecified atom stereocenters. The summed E-state index contributed by atoms with van der Waals surface area (Å²) in [5, 5.41) is 11.7. The average molecular weight is 341 g/mol. The van der Waals surface area contributed by atoms with Crippen LogP contribution in [-0.4, -0.2) is 36.4 Å². The highest BCUT2D eigenvalue weighted by Crippen LogP contribution is 2.36. The second-order valence-electron chi connectivity index (χ2n) is 5.18. The van der Waals surface area contributed by atoms with Gasteiger partial charge in [-0.3, -0.25) is 0 Å². The van der Waals surface area contributed by atoms with Gasteiger partial charge in [-0.2, -0.15) is 0 Å². The van der Waals surface area contributed by atoms with E-state index in [1.54, 1.807) is 0 Å². The van der Waals surface area contributed by atoms with E-state index in [2.05, 4.69) is 9.72 Å². The van der Waals surface area contributed by atoms with E-state index in [0.717, 1.165) is 23.5 Å². The number of carbonyl (C=O) groups excluding carboxylic acids is 1. The lowest BCUT2D eigenvalue weighted by Gasteiger charge is -2.21. The Kier molecular flexibility index (Phi) is 4.13. The van der Waals surface area contributed by atoms with Crippen molar-refractivity contribution in [2.45, 2.75) is 12.0 Å². The van der Waals surface area contributed by atoms with Gasteiger partial charge in [0.25, 0.3) is 0 Å². The number of hydrogen-bond acceptors (Lipinski definition) is 6. The minimum atomic E-state index is -1.39. The quantitative estimate of drug-likeness (QED) is 0.869. The zero-order valence-electron chi connectivity index (χ0n) is 12.1. The predicted molar refractivity (Wildman–Crippen MR) is 78.1 cm³/mol. The van der Waals surface area contributed by atoms with E-state index in [0.29, 0.717) is 6.61 Å². The molecular formula is C15H13F2NO4S. The van der Waals surface area contributed by atoms with Crippen LogP contribution in [0.3, 0.4) is 0 Å². The van der Waals surface area contributed by atoms with Gasteiger partial charge in [0, 0.05) is 18.4 Å². The van der Waals surface area contributed by atoms with Crippen LogP contribution in [0.15, 0.2) is 17.5 Å². The largest absolute Gasteiger partial charge is 0.464 e. The third-order valence-electron chi connectivity index (χ3n) is 3.69. The normalized spacial score (nSPS) is 20.7. The highest BCUT2D eigenvalue weighted by atomic mass is 32.1. The van der Waals surface area contributed by atoms with Crippen molar-refractivity contribution in [1.29, 1.82) is 0 Å². The third-order valence-corrected chi connectivity index (χ3v) is 4.55. The molecule has 2 aromatic rings. The van der Waals surface area contributed by atoms with Crippen molar-refractivity contribution in [3.8, 4) is 10.6 Å². The Bertz CT molecular complexity index is 733. The Morgan fingerprint density at radius 3 is 2.70 bits per heavy atom. The molecule has 0 aliphatic carbocycles. The summed E-state index contributed by atoms with van der Waals surface area (Å²) in [4.78, 5) is 15.3. The van der Waals surface area contributed by atoms with Crippen LogP contribution in [-0.2, 0) is 15.1 Å². The minimum absolute atomic E-state index is 0.00499. The number of nitrogens with zero attached hydrogens (tertiary/aromatic N) is 1. The van der Waals surface area contributed by atoms with Gasteiger partial charge in [0.1, 0.15) is 22.2 Å². The monoisotopic (exact) mass is 341 g/mol. The number of rotatable bonds is 3. The summed E-state index contributed by atoms with van der Waals surface area (Å²) in [5.74, 6) is -2.39. The molecule has 1 aliphatic rings. The van der Waals surface area contributed by atoms with Gasteiger partial charge >= 0.3 is 5.97 Å². The van der Waals surface area contributed by atoms with Gasteiger partial charge in [0.15, 0.2) is 5.69 Å². The van der Waals surface area contributed by atoms with E-state index in [9.17, 15) is 18.7 Å². The van der Waals surface area contributed by atoms with Crippen LogP contribution in [0.1, 0.15) is 22.5 Å². The van der Waals surface area contributed by atoms with Crippen LogP contribution in [0.2, 0.25) is 0 Å². The summed E-state index contributed by atoms with van der Waals surface area (Å²) in [5.41, 5.74) is -1.62. The first kappa shape index (κ1) is 16.0. The van der Waals surface area contributed by atoms with Crippen LogP contribution < -0.4 is 0 Å². The summed E-state index contributed by atoms with van der Waals surface area (Å²) in [6, 6.07) is 2.15. The first-order valence-electron chi connectivity index (χ1n) is 6.78. The summed E-state index contributed by atoms with van der Waals surface area (Å²) >= 11 is 0.933. The summed E-state index contributed by atoms with van der Waals surface area (Å²) < 4.78 is 38.4. The number of halogens is 2. The number of aliphatic hydroxyl groups is 1. The molecule has 1 aromatic heterocycles. The molecule has 0 radical (unpaired) electrons. The number of esters is 1. The van der Waals surface area contributed by atoms with Crippen LogP contribution in [0, 0.1) is 11.6 Å². The number of ether oxygens (including phenoxy) is 2. The number of aromatic nitrogens is 1. The number of methoxy groups -OCH3 is 1. The van der Waals surface area contributed by atoms with Gasteiger partial charge in [-0.05, 0) is 17.7 Å². The highest BCUT2D eigenvalue weighted by molar-refractivity contribution is 7.13. The Labute approximate surface area is 134 Å². The Morgan fingerprint density at radius 2 is 2.13 bits per heavy atom. The molecule has 8 heteroatoms. The van der Waals surface area contributed by atoms with Crippen LogP contribution >= 0.6 is 11.3 Å². The third kappa shape index (κ3) is 2.85. The Morgan fingerprint density at radius 1 is 1.43 bits per heavy atom. The zero-order chi connectivity index (χ0) is 16.6. The maximum atomic E-state index is 14.4. The SMILES string of the molecule is COC(=O)c1csc(-c2c(F)cc(C3(O)CCOC3)cc2F)n1. The van der Waals surface area contributed by atoms with Crippen molar-refractivity contribution in [3.63, 3.8) is 0 Å². The van der Waals surface area contributed by atoms with Gasteiger partial charge in [-0.25, -0.2) is 18.6 Å². The second kappa shape index (κ2) is 5.95. The first-order chi connectivity index (χ1) is 10.9. The maximum absolute atomic E-state index is 14.4. The predicted octanol–water partition coefficient (Wildman–Crippen LogP) is 2.48. The molecule has 1 aromatic carbocycles. The minimum Gasteiger partial charge on any atom is -0.464 e. The van der Waals surface area contributed by atoms with Gasteiger partial charge in [0.05, 0.1) is 19.3 Å². The van der Waals surface area contributed by atoms with Crippen molar-refractivity contribution in [1.82, 2.24) is 4.98 Å². The molecule has 2 heterocycles. The standard InChI is InChI=1S/C15H13F2NO4S/c1-21-14(19)11-6-23-13(18-11)12-9(16)4-8(5-10(12)17)15(20)2-3-22-7-15/h4-6,20H,2-3,7H2,1H3. The van der Waals surface area contributed by atoms with E-state index in [-0.39, 0.29) is 34.9 Å². The molecule has 0 bridgehead atoms. The fraction of sp³-hybridized carbons (Fsp3) is 0.333. The molecular weight excluding hydrogens is 328 g/mol. The van der Waals surface area contributed by atoms with Gasteiger partial charge in [0.2, 0.25) is 0 Å². The number of hydrogen-bond donors (Lipinski definition) is 1. The van der Waals surface area contributed by atoms with Crippen LogP contribution in [0.25, 0.3) is 10.6 Å². The Balaban J connectivity index is 2.01. The number of carbonyl (C=O) groups is 1. The second-order valence-corrected chi connectivity index (χ2v) is 6.04. The molecule has 23 heavy (non-hydrogen) atoms. The van der Waals surface area contributed by atoms with E-state index in [4.69, 9.17) is 4.74 Å². The Hall–Kier alpha value is -1.90. The summed E-state index contributed by atoms with van der Waals surface area (Å²) in [6.07, 6.45) is 0.273. The van der Waals surface area contributed by atoms with Crippen molar-refractivity contribution in [2.75, 3.05) is 20.3 Å². The summed E-state index contributed by atoms with van der Waals surface area (Å²) in [7, 11) is 1.20. The molecule has 0 amide bonds. The van der Waals surface area contributed by atoms with Gasteiger partial charge in [-0.15, -0.1) is 11.3 Å². The number of thiazole rings is 1. The van der Waals surface area contributed by atoms with Crippen molar-refractivity contribution >= 4 is 17.3 Å². The average Bonchev–Trinajstić information content (AvgIpc) is 3.16. The molecule has 1 fully saturated rings. The van der Waals surface area contributed by atoms with Crippen molar-refractivity contribution in [2.24, 2.45) is 0 Å². The van der Waals surface area contributed by atoms with Crippen molar-refractivity contribution < 1.29 is 28.2 Å². The molecule has 0 spiro atoms. The topological polar surface area (TPSA) is 68.7 Å². The van der Waals surface area contributed by atoms with Crippen LogP contribution in [0.5, 0.6) is 0 Å². The van der Waals surface area contributed by atoms with E-state index in [1.807, 2.05) is 0 Å². The molecule has 1 aliphatic heterocycles. The van der Waals surface area contributed by atoms with E-state index in [1.165, 1.54) is 12.5 Å². The van der Waals surface area contributed by atoms with Crippen LogP contribution in [0.4, 0.5) is 8.78 Å². The summed E-state index contributed by atoms with van der Waals surface area (Å²) in [6.45, 7) is 0.325. The molecule has 5 nitrogen and oxygen atoms in total. The van der Waals surface area contributed by atoms with Gasteiger partial charge < -0.3 is 14.6 Å². The lowest BCUT2D eigenvalue weighted by Crippen LogP contribution is -2.26. The number of benzene rings is 1. The first-order valence-corrected chi connectivity index (χ1v) is 7.66. The smallest absolute Gasteiger partial charge is 0.357 e. The fourth-order valence-electron chi connectivity index (χ4n) is 2.41. The fourth-order valence-corrected chi connectivity index (χ4v) is 3.25. The molecule has 1 saturated heterocycles. The molecule has 1 N–H and O–H groups in total. The van der Waals surface area contributed by atoms with E-state index < -0.39 is 23.2 Å². The molecule has 3 rings (SSSR count). The van der Waals surface area contributed by atoms with E-state index >= 15 is 0 Å². The maximum Gasteiger partial charge on any atom is 0.357 e.